The van der Waals surface area contributed by atoms with Crippen molar-refractivity contribution in [2.45, 2.75) is 25.2 Å². The summed E-state index contributed by atoms with van der Waals surface area (Å²) in [5, 5.41) is 0. The van der Waals surface area contributed by atoms with Gasteiger partial charge in [-0.1, -0.05) is 0 Å². The molecule has 1 rings (SSSR count). The molecule has 0 aromatic carbocycles. The van der Waals surface area contributed by atoms with Crippen LogP contribution in [0.4, 0.5) is 8.78 Å². The van der Waals surface area contributed by atoms with Crippen molar-refractivity contribution < 1.29 is 23.1 Å². The molecule has 0 spiro atoms. The molecule has 0 amide bonds. The third kappa shape index (κ3) is 1.84. The van der Waals surface area contributed by atoms with Gasteiger partial charge in [-0.3, -0.25) is 9.59 Å². The van der Waals surface area contributed by atoms with Gasteiger partial charge in [-0.05, 0) is 12.8 Å². The summed E-state index contributed by atoms with van der Waals surface area (Å²) < 4.78 is 29.8. The summed E-state index contributed by atoms with van der Waals surface area (Å²) in [6.07, 6.45) is -0.112. The van der Waals surface area contributed by atoms with Crippen molar-refractivity contribution in [1.82, 2.24) is 0 Å². The highest BCUT2D eigenvalue weighted by Gasteiger charge is 2.48. The molecule has 1 saturated carbocycles. The van der Waals surface area contributed by atoms with E-state index in [1.165, 1.54) is 0 Å². The fourth-order valence-corrected chi connectivity index (χ4v) is 1.40. The number of methoxy groups -OCH3 is 1. The standard InChI is InChI=1S/C8H10F2O3/c1-13-7(12)5-3-2-4-8(9,10)6(5)11/h5H,2-4H2,1H3. The Hall–Kier alpha value is -1.00. The molecule has 0 aromatic rings. The van der Waals surface area contributed by atoms with Crippen LogP contribution >= 0.6 is 0 Å². The number of ether oxygens (including phenoxy) is 1. The maximum Gasteiger partial charge on any atom is 0.316 e. The molecule has 13 heavy (non-hydrogen) atoms. The molecular weight excluding hydrogens is 182 g/mol. The van der Waals surface area contributed by atoms with Crippen molar-refractivity contribution in [2.75, 3.05) is 7.11 Å². The largest absolute Gasteiger partial charge is 0.468 e. The Morgan fingerprint density at radius 1 is 1.62 bits per heavy atom. The second-order valence-corrected chi connectivity index (χ2v) is 3.04. The van der Waals surface area contributed by atoms with E-state index in [1.807, 2.05) is 0 Å². The lowest BCUT2D eigenvalue weighted by Gasteiger charge is -2.25. The second kappa shape index (κ2) is 3.40. The molecule has 0 radical (unpaired) electrons. The number of hydrogen-bond donors (Lipinski definition) is 0. The van der Waals surface area contributed by atoms with E-state index >= 15 is 0 Å². The van der Waals surface area contributed by atoms with E-state index in [-0.39, 0.29) is 12.8 Å². The van der Waals surface area contributed by atoms with Crippen molar-refractivity contribution in [1.29, 1.82) is 0 Å². The van der Waals surface area contributed by atoms with E-state index in [9.17, 15) is 18.4 Å². The molecule has 1 fully saturated rings. The minimum Gasteiger partial charge on any atom is -0.468 e. The predicted octanol–water partition coefficient (Wildman–Crippen LogP) is 1.16. The van der Waals surface area contributed by atoms with Gasteiger partial charge in [-0.15, -0.1) is 0 Å². The van der Waals surface area contributed by atoms with Gasteiger partial charge in [-0.25, -0.2) is 0 Å². The average molecular weight is 192 g/mol. The molecule has 0 heterocycles. The summed E-state index contributed by atoms with van der Waals surface area (Å²) in [5.41, 5.74) is 0. The molecule has 0 N–H and O–H groups in total. The SMILES string of the molecule is COC(=O)C1CCCC(F)(F)C1=O. The van der Waals surface area contributed by atoms with E-state index in [0.717, 1.165) is 7.11 Å². The maximum absolute atomic E-state index is 12.8. The van der Waals surface area contributed by atoms with Gasteiger partial charge in [0.1, 0.15) is 5.92 Å². The predicted molar refractivity (Wildman–Crippen MR) is 39.3 cm³/mol. The lowest BCUT2D eigenvalue weighted by atomic mass is 9.85. The Balaban J connectivity index is 2.77. The molecule has 1 unspecified atom stereocenters. The minimum atomic E-state index is -3.35. The molecule has 74 valence electrons. The van der Waals surface area contributed by atoms with Gasteiger partial charge in [-0.2, -0.15) is 8.78 Å². The minimum absolute atomic E-state index is 0.168. The summed E-state index contributed by atoms with van der Waals surface area (Å²) in [6, 6.07) is 0. The normalized spacial score (nSPS) is 27.0. The van der Waals surface area contributed by atoms with Crippen molar-refractivity contribution in [2.24, 2.45) is 5.92 Å². The summed E-state index contributed by atoms with van der Waals surface area (Å²) in [6.45, 7) is 0. The number of rotatable bonds is 1. The van der Waals surface area contributed by atoms with Crippen LogP contribution in [0.5, 0.6) is 0 Å². The summed E-state index contributed by atoms with van der Waals surface area (Å²) in [7, 11) is 1.09. The van der Waals surface area contributed by atoms with Crippen molar-refractivity contribution in [3.63, 3.8) is 0 Å². The van der Waals surface area contributed by atoms with Gasteiger partial charge in [0.05, 0.1) is 7.11 Å². The highest BCUT2D eigenvalue weighted by molar-refractivity contribution is 6.03. The van der Waals surface area contributed by atoms with Crippen LogP contribution < -0.4 is 0 Å². The number of carbonyl (C=O) groups is 2. The number of ketones is 1. The Kier molecular flexibility index (Phi) is 2.63. The lowest BCUT2D eigenvalue weighted by molar-refractivity contribution is -0.164. The molecule has 3 nitrogen and oxygen atoms in total. The molecule has 5 heteroatoms. The first kappa shape index (κ1) is 10.1. The van der Waals surface area contributed by atoms with Crippen molar-refractivity contribution in [3.8, 4) is 0 Å². The fourth-order valence-electron chi connectivity index (χ4n) is 1.40. The van der Waals surface area contributed by atoms with Crippen LogP contribution in [-0.2, 0) is 14.3 Å². The Bertz CT molecular complexity index is 238. The van der Waals surface area contributed by atoms with E-state index < -0.39 is 30.0 Å². The van der Waals surface area contributed by atoms with E-state index in [0.29, 0.717) is 0 Å². The number of Topliss-reactive ketones (excluding diaryl/α,β-unsaturated/α-hetero) is 1. The summed E-state index contributed by atoms with van der Waals surface area (Å²) in [5.74, 6) is -6.78. The first-order valence-corrected chi connectivity index (χ1v) is 3.99. The Morgan fingerprint density at radius 2 is 2.23 bits per heavy atom. The average Bonchev–Trinajstić information content (AvgIpc) is 2.08. The van der Waals surface area contributed by atoms with Crippen molar-refractivity contribution in [3.05, 3.63) is 0 Å². The molecule has 1 aliphatic carbocycles. The lowest BCUT2D eigenvalue weighted by Crippen LogP contribution is -2.42. The topological polar surface area (TPSA) is 43.4 Å². The number of halogens is 2. The number of alkyl halides is 2. The first-order chi connectivity index (χ1) is 5.99. The fraction of sp³-hybridized carbons (Fsp3) is 0.750. The van der Waals surface area contributed by atoms with Crippen LogP contribution in [0.25, 0.3) is 0 Å². The zero-order chi connectivity index (χ0) is 10.1. The van der Waals surface area contributed by atoms with Crippen LogP contribution in [0.1, 0.15) is 19.3 Å². The Labute approximate surface area is 74.1 Å². The van der Waals surface area contributed by atoms with E-state index in [1.54, 1.807) is 0 Å². The summed E-state index contributed by atoms with van der Waals surface area (Å²) in [4.78, 5) is 21.9. The van der Waals surface area contributed by atoms with Gasteiger partial charge in [0.25, 0.3) is 0 Å². The third-order valence-corrected chi connectivity index (χ3v) is 2.15. The molecule has 0 aromatic heterocycles. The highest BCUT2D eigenvalue weighted by Crippen LogP contribution is 2.33. The molecule has 1 aliphatic rings. The molecule has 0 aliphatic heterocycles. The first-order valence-electron chi connectivity index (χ1n) is 3.99. The molecular formula is C8H10F2O3. The van der Waals surface area contributed by atoms with Gasteiger partial charge in [0.15, 0.2) is 0 Å². The molecule has 0 saturated heterocycles. The van der Waals surface area contributed by atoms with E-state index in [2.05, 4.69) is 4.74 Å². The third-order valence-electron chi connectivity index (χ3n) is 2.15. The number of hydrogen-bond acceptors (Lipinski definition) is 3. The molecule has 1 atom stereocenters. The molecule has 0 bridgehead atoms. The highest BCUT2D eigenvalue weighted by atomic mass is 19.3. The van der Waals surface area contributed by atoms with Crippen LogP contribution in [0, 0.1) is 5.92 Å². The number of esters is 1. The van der Waals surface area contributed by atoms with Gasteiger partial charge in [0.2, 0.25) is 5.78 Å². The van der Waals surface area contributed by atoms with Crippen LogP contribution in [0.3, 0.4) is 0 Å². The zero-order valence-electron chi connectivity index (χ0n) is 7.18. The van der Waals surface area contributed by atoms with Crippen LogP contribution in [0.2, 0.25) is 0 Å². The quantitative estimate of drug-likeness (QED) is 0.462. The number of carbonyl (C=O) groups excluding carboxylic acids is 2. The Morgan fingerprint density at radius 3 is 2.77 bits per heavy atom. The zero-order valence-corrected chi connectivity index (χ0v) is 7.18. The van der Waals surface area contributed by atoms with Gasteiger partial charge >= 0.3 is 11.9 Å². The summed E-state index contributed by atoms with van der Waals surface area (Å²) >= 11 is 0. The monoisotopic (exact) mass is 192 g/mol. The van der Waals surface area contributed by atoms with Gasteiger partial charge in [0, 0.05) is 6.42 Å². The van der Waals surface area contributed by atoms with Crippen LogP contribution in [0.15, 0.2) is 0 Å². The maximum atomic E-state index is 12.8. The van der Waals surface area contributed by atoms with Crippen molar-refractivity contribution >= 4 is 11.8 Å². The van der Waals surface area contributed by atoms with E-state index in [4.69, 9.17) is 0 Å². The second-order valence-electron chi connectivity index (χ2n) is 3.04. The van der Waals surface area contributed by atoms with Gasteiger partial charge < -0.3 is 4.74 Å². The van der Waals surface area contributed by atoms with Crippen LogP contribution in [-0.4, -0.2) is 24.8 Å². The smallest absolute Gasteiger partial charge is 0.316 e.